The third-order valence-corrected chi connectivity index (χ3v) is 5.72. The Morgan fingerprint density at radius 2 is 1.86 bits per heavy atom. The van der Waals surface area contributed by atoms with Gasteiger partial charge in [-0.3, -0.25) is 9.00 Å². The van der Waals surface area contributed by atoms with E-state index in [1.54, 1.807) is 6.92 Å². The molecule has 29 heavy (non-hydrogen) atoms. The largest absolute Gasteiger partial charge is 0.480 e. The monoisotopic (exact) mass is 427 g/mol. The fraction of sp³-hybridized carbons (Fsp3) is 0.250. The molecule has 0 saturated heterocycles. The van der Waals surface area contributed by atoms with Crippen LogP contribution in [-0.2, 0) is 34.7 Å². The van der Waals surface area contributed by atoms with E-state index in [-0.39, 0.29) is 17.9 Å². The summed E-state index contributed by atoms with van der Waals surface area (Å²) < 4.78 is 67.2. The van der Waals surface area contributed by atoms with Crippen LogP contribution in [0.2, 0.25) is 0 Å². The number of rotatable bonds is 5. The quantitative estimate of drug-likeness (QED) is 0.609. The first-order chi connectivity index (χ1) is 13.5. The lowest BCUT2D eigenvalue weighted by molar-refractivity contribution is -0.140. The van der Waals surface area contributed by atoms with Crippen molar-refractivity contribution in [2.75, 3.05) is 6.26 Å². The van der Waals surface area contributed by atoms with E-state index >= 15 is 0 Å². The number of carboxylic acids is 1. The van der Waals surface area contributed by atoms with Gasteiger partial charge in [0.15, 0.2) is 0 Å². The van der Waals surface area contributed by atoms with Crippen molar-refractivity contribution in [1.29, 1.82) is 0 Å². The topological polar surface area (TPSA) is 59.3 Å². The number of nitrogens with zero attached hydrogens (tertiary/aromatic N) is 1. The number of hydrogen-bond donors (Lipinski definition) is 1. The van der Waals surface area contributed by atoms with Gasteiger partial charge in [-0.25, -0.2) is 4.39 Å². The Morgan fingerprint density at radius 3 is 2.45 bits per heavy atom. The van der Waals surface area contributed by atoms with E-state index in [1.165, 1.54) is 41.2 Å². The van der Waals surface area contributed by atoms with Gasteiger partial charge in [0.05, 0.1) is 21.3 Å². The summed E-state index contributed by atoms with van der Waals surface area (Å²) in [6, 6.07) is 7.48. The van der Waals surface area contributed by atoms with Crippen molar-refractivity contribution in [2.45, 2.75) is 31.0 Å². The molecule has 0 aliphatic rings. The molecule has 1 aromatic heterocycles. The van der Waals surface area contributed by atoms with Crippen molar-refractivity contribution in [3.8, 4) is 0 Å². The first-order valence-corrected chi connectivity index (χ1v) is 10.1. The van der Waals surface area contributed by atoms with Gasteiger partial charge in [0, 0.05) is 22.9 Å². The van der Waals surface area contributed by atoms with Gasteiger partial charge in [-0.2, -0.15) is 13.2 Å². The van der Waals surface area contributed by atoms with Crippen LogP contribution in [0.15, 0.2) is 41.3 Å². The summed E-state index contributed by atoms with van der Waals surface area (Å²) in [5.41, 5.74) is 0.884. The lowest BCUT2D eigenvalue weighted by Gasteiger charge is -2.13. The van der Waals surface area contributed by atoms with Gasteiger partial charge < -0.3 is 9.67 Å². The third-order valence-electron chi connectivity index (χ3n) is 4.75. The van der Waals surface area contributed by atoms with E-state index in [2.05, 4.69) is 0 Å². The summed E-state index contributed by atoms with van der Waals surface area (Å²) in [6.07, 6.45) is -3.45. The van der Waals surface area contributed by atoms with Gasteiger partial charge in [0.1, 0.15) is 12.4 Å². The number of carboxylic acid groups (broad SMARTS) is 1. The standard InChI is InChI=1S/C20H17F4NO3S/c1-11-14(15-9-13(21)4-5-17(15)25(11)10-19(26)27)7-12-3-6-18(29(2)28)16(8-12)20(22,23)24/h3-6,8-9H,7,10H2,1-2H3,(H,26,27). The number of aromatic nitrogens is 1. The summed E-state index contributed by atoms with van der Waals surface area (Å²) in [7, 11) is -1.81. The number of halogens is 4. The molecule has 3 aromatic rings. The molecule has 2 aromatic carbocycles. The van der Waals surface area contributed by atoms with Gasteiger partial charge in [-0.15, -0.1) is 0 Å². The molecule has 1 N–H and O–H groups in total. The Kier molecular flexibility index (Phi) is 5.53. The predicted molar refractivity (Wildman–Crippen MR) is 101 cm³/mol. The molecule has 0 aliphatic carbocycles. The van der Waals surface area contributed by atoms with Crippen LogP contribution in [0, 0.1) is 12.7 Å². The number of fused-ring (bicyclic) bond motifs is 1. The van der Waals surface area contributed by atoms with Gasteiger partial charge in [0.2, 0.25) is 0 Å². The number of aliphatic carboxylic acids is 1. The number of carbonyl (C=O) groups is 1. The fourth-order valence-corrected chi connectivity index (χ4v) is 4.19. The number of alkyl halides is 3. The van der Waals surface area contributed by atoms with Crippen molar-refractivity contribution >= 4 is 27.7 Å². The lowest BCUT2D eigenvalue weighted by atomic mass is 10.00. The molecular formula is C20H17F4NO3S. The second-order valence-corrected chi connectivity index (χ2v) is 8.01. The van der Waals surface area contributed by atoms with Gasteiger partial charge in [-0.1, -0.05) is 6.07 Å². The molecule has 0 amide bonds. The number of benzene rings is 2. The van der Waals surface area contributed by atoms with Crippen LogP contribution < -0.4 is 0 Å². The van der Waals surface area contributed by atoms with Gasteiger partial charge in [0.25, 0.3) is 0 Å². The molecule has 0 radical (unpaired) electrons. The minimum absolute atomic E-state index is 0.0398. The molecule has 0 saturated carbocycles. The van der Waals surface area contributed by atoms with E-state index in [1.807, 2.05) is 0 Å². The van der Waals surface area contributed by atoms with Crippen molar-refractivity contribution in [2.24, 2.45) is 0 Å². The van der Waals surface area contributed by atoms with Crippen LogP contribution in [0.4, 0.5) is 17.6 Å². The molecule has 1 unspecified atom stereocenters. The average Bonchev–Trinajstić information content (AvgIpc) is 2.85. The molecule has 0 bridgehead atoms. The first-order valence-electron chi connectivity index (χ1n) is 8.51. The molecule has 154 valence electrons. The Labute approximate surface area is 166 Å². The second kappa shape index (κ2) is 7.62. The Balaban J connectivity index is 2.16. The highest BCUT2D eigenvalue weighted by Gasteiger charge is 2.34. The Morgan fingerprint density at radius 1 is 1.17 bits per heavy atom. The van der Waals surface area contributed by atoms with Crippen LogP contribution in [-0.4, -0.2) is 26.1 Å². The summed E-state index contributed by atoms with van der Waals surface area (Å²) in [5.74, 6) is -1.62. The van der Waals surface area contributed by atoms with Crippen molar-refractivity contribution in [3.05, 3.63) is 64.6 Å². The molecule has 9 heteroatoms. The van der Waals surface area contributed by atoms with E-state index < -0.39 is 34.3 Å². The summed E-state index contributed by atoms with van der Waals surface area (Å²) in [5, 5.41) is 9.61. The molecule has 4 nitrogen and oxygen atoms in total. The molecule has 0 aliphatic heterocycles. The molecule has 1 heterocycles. The van der Waals surface area contributed by atoms with Crippen LogP contribution in [0.25, 0.3) is 10.9 Å². The fourth-order valence-electron chi connectivity index (χ4n) is 3.45. The normalized spacial score (nSPS) is 13.0. The van der Waals surface area contributed by atoms with Crippen molar-refractivity contribution < 1.29 is 31.7 Å². The lowest BCUT2D eigenvalue weighted by Crippen LogP contribution is -2.11. The van der Waals surface area contributed by atoms with Crippen LogP contribution in [0.1, 0.15) is 22.4 Å². The highest BCUT2D eigenvalue weighted by molar-refractivity contribution is 7.84. The SMILES string of the molecule is Cc1c(Cc2ccc(S(C)=O)c(C(F)(F)F)c2)c2cc(F)ccc2n1CC(=O)O. The van der Waals surface area contributed by atoms with Gasteiger partial charge in [-0.05, 0) is 54.8 Å². The zero-order chi connectivity index (χ0) is 21.5. The highest BCUT2D eigenvalue weighted by Crippen LogP contribution is 2.35. The summed E-state index contributed by atoms with van der Waals surface area (Å²) in [4.78, 5) is 10.9. The predicted octanol–water partition coefficient (Wildman–Crippen LogP) is 4.52. The maximum Gasteiger partial charge on any atom is 0.417 e. The van der Waals surface area contributed by atoms with Crippen LogP contribution in [0.3, 0.4) is 0 Å². The summed E-state index contributed by atoms with van der Waals surface area (Å²) in [6.45, 7) is 1.30. The molecule has 1 atom stereocenters. The highest BCUT2D eigenvalue weighted by atomic mass is 32.2. The molecule has 0 spiro atoms. The van der Waals surface area contributed by atoms with Gasteiger partial charge >= 0.3 is 12.1 Å². The maximum atomic E-state index is 13.8. The Bertz CT molecular complexity index is 1130. The van der Waals surface area contributed by atoms with E-state index in [0.29, 0.717) is 27.7 Å². The van der Waals surface area contributed by atoms with Crippen LogP contribution >= 0.6 is 0 Å². The zero-order valence-corrected chi connectivity index (χ0v) is 16.3. The Hall–Kier alpha value is -2.68. The molecular weight excluding hydrogens is 410 g/mol. The van der Waals surface area contributed by atoms with Crippen LogP contribution in [0.5, 0.6) is 0 Å². The van der Waals surface area contributed by atoms with E-state index in [9.17, 15) is 26.6 Å². The van der Waals surface area contributed by atoms with E-state index in [0.717, 1.165) is 6.07 Å². The smallest absolute Gasteiger partial charge is 0.417 e. The van der Waals surface area contributed by atoms with Crippen molar-refractivity contribution in [3.63, 3.8) is 0 Å². The number of hydrogen-bond acceptors (Lipinski definition) is 2. The second-order valence-electron chi connectivity index (χ2n) is 6.66. The summed E-state index contributed by atoms with van der Waals surface area (Å²) >= 11 is 0. The third kappa shape index (κ3) is 4.19. The minimum atomic E-state index is -4.67. The van der Waals surface area contributed by atoms with E-state index in [4.69, 9.17) is 5.11 Å². The minimum Gasteiger partial charge on any atom is -0.480 e. The molecule has 0 fully saturated rings. The van der Waals surface area contributed by atoms with Crippen molar-refractivity contribution in [1.82, 2.24) is 4.57 Å². The molecule has 3 rings (SSSR count). The average molecular weight is 427 g/mol. The maximum absolute atomic E-state index is 13.8. The first kappa shape index (κ1) is 21.0. The zero-order valence-electron chi connectivity index (χ0n) is 15.5.